The van der Waals surface area contributed by atoms with Gasteiger partial charge in [-0.15, -0.1) is 0 Å². The van der Waals surface area contributed by atoms with Crippen LogP contribution < -0.4 is 10.6 Å². The molecule has 1 aromatic heterocycles. The fraction of sp³-hybridized carbons (Fsp3) is 0.250. The lowest BCUT2D eigenvalue weighted by Crippen LogP contribution is -2.19. The second-order valence-electron chi connectivity index (χ2n) is 2.44. The minimum atomic E-state index is 0.685. The summed E-state index contributed by atoms with van der Waals surface area (Å²) in [6.45, 7) is 0. The van der Waals surface area contributed by atoms with Crippen molar-refractivity contribution in [3.63, 3.8) is 0 Å². The van der Waals surface area contributed by atoms with Crippen molar-refractivity contribution in [2.75, 3.05) is 14.1 Å². The van der Waals surface area contributed by atoms with Crippen LogP contribution in [0.5, 0.6) is 0 Å². The molecule has 0 radical (unpaired) electrons. The Hall–Kier alpha value is -0.940. The molecule has 0 aliphatic carbocycles. The van der Waals surface area contributed by atoms with Gasteiger partial charge >= 0.3 is 0 Å². The first-order chi connectivity index (χ1) is 6.19. The lowest BCUT2D eigenvalue weighted by Gasteiger charge is -2.00. The quantitative estimate of drug-likeness (QED) is 0.636. The molecule has 0 saturated heterocycles. The maximum Gasteiger partial charge on any atom is 0.122 e. The summed E-state index contributed by atoms with van der Waals surface area (Å²) in [7, 11) is 3.58. The molecule has 0 bridgehead atoms. The van der Waals surface area contributed by atoms with Crippen molar-refractivity contribution in [2.45, 2.75) is 0 Å². The van der Waals surface area contributed by atoms with Crippen molar-refractivity contribution < 1.29 is 0 Å². The Morgan fingerprint density at radius 1 is 1.08 bits per heavy atom. The average Bonchev–Trinajstić information content (AvgIpc) is 2.64. The number of aromatic amines is 1. The summed E-state index contributed by atoms with van der Waals surface area (Å²) >= 11 is 10.1. The average molecular weight is 213 g/mol. The van der Waals surface area contributed by atoms with Crippen LogP contribution in [-0.2, 0) is 0 Å². The Kier molecular flexibility index (Phi) is 3.39. The van der Waals surface area contributed by atoms with Gasteiger partial charge in [0, 0.05) is 14.1 Å². The fourth-order valence-electron chi connectivity index (χ4n) is 0.929. The minimum Gasteiger partial charge on any atom is -0.378 e. The van der Waals surface area contributed by atoms with E-state index in [0.29, 0.717) is 9.98 Å². The molecule has 70 valence electrons. The second-order valence-corrected chi connectivity index (χ2v) is 3.26. The number of hydrogen-bond donors (Lipinski definition) is 3. The highest BCUT2D eigenvalue weighted by Crippen LogP contribution is 2.02. The molecule has 13 heavy (non-hydrogen) atoms. The molecule has 0 fully saturated rings. The Balaban J connectivity index is 2.86. The van der Waals surface area contributed by atoms with Crippen molar-refractivity contribution in [3.05, 3.63) is 23.5 Å². The molecule has 0 aromatic carbocycles. The fourth-order valence-corrected chi connectivity index (χ4v) is 1.17. The third kappa shape index (κ3) is 2.26. The van der Waals surface area contributed by atoms with E-state index in [0.717, 1.165) is 11.4 Å². The third-order valence-electron chi connectivity index (χ3n) is 1.63. The summed E-state index contributed by atoms with van der Waals surface area (Å²) in [4.78, 5) is 4.48. The van der Waals surface area contributed by atoms with Crippen LogP contribution in [0, 0.1) is 0 Å². The first-order valence-electron chi connectivity index (χ1n) is 3.82. The number of thiocarbonyl (C=S) groups is 2. The predicted molar refractivity (Wildman–Crippen MR) is 62.3 cm³/mol. The largest absolute Gasteiger partial charge is 0.378 e. The van der Waals surface area contributed by atoms with Crippen LogP contribution in [0.2, 0.25) is 0 Å². The maximum atomic E-state index is 5.05. The predicted octanol–water partition coefficient (Wildman–Crippen LogP) is 0.804. The van der Waals surface area contributed by atoms with Gasteiger partial charge in [-0.25, -0.2) is 0 Å². The van der Waals surface area contributed by atoms with Crippen LogP contribution in [0.3, 0.4) is 0 Å². The Bertz CT molecular complexity index is 299. The first kappa shape index (κ1) is 10.1. The first-order valence-corrected chi connectivity index (χ1v) is 4.64. The monoisotopic (exact) mass is 213 g/mol. The van der Waals surface area contributed by atoms with Crippen molar-refractivity contribution in [1.82, 2.24) is 15.6 Å². The van der Waals surface area contributed by atoms with Gasteiger partial charge in [-0.3, -0.25) is 0 Å². The zero-order chi connectivity index (χ0) is 9.84. The van der Waals surface area contributed by atoms with Gasteiger partial charge in [-0.1, -0.05) is 24.4 Å². The van der Waals surface area contributed by atoms with Gasteiger partial charge in [0.05, 0.1) is 11.4 Å². The van der Waals surface area contributed by atoms with Crippen LogP contribution in [0.1, 0.15) is 11.4 Å². The van der Waals surface area contributed by atoms with Gasteiger partial charge in [0.25, 0.3) is 0 Å². The zero-order valence-corrected chi connectivity index (χ0v) is 9.10. The molecular weight excluding hydrogens is 202 g/mol. The molecule has 1 heterocycles. The molecular formula is C8H11N3S2. The lowest BCUT2D eigenvalue weighted by molar-refractivity contribution is 1.16. The molecule has 0 aliphatic heterocycles. The summed E-state index contributed by atoms with van der Waals surface area (Å²) in [5, 5.41) is 5.78. The molecule has 1 rings (SSSR count). The van der Waals surface area contributed by atoms with Gasteiger partial charge in [-0.05, 0) is 12.1 Å². The van der Waals surface area contributed by atoms with Gasteiger partial charge in [0.15, 0.2) is 0 Å². The van der Waals surface area contributed by atoms with Crippen LogP contribution in [0.25, 0.3) is 0 Å². The Labute approximate surface area is 87.9 Å². The SMILES string of the molecule is CNC(=S)c1ccc(C(=S)NC)[nH]1. The summed E-state index contributed by atoms with van der Waals surface area (Å²) in [5.74, 6) is 0. The van der Waals surface area contributed by atoms with Crippen molar-refractivity contribution in [1.29, 1.82) is 0 Å². The van der Waals surface area contributed by atoms with Crippen LogP contribution >= 0.6 is 24.4 Å². The molecule has 0 saturated carbocycles. The van der Waals surface area contributed by atoms with Gasteiger partial charge in [-0.2, -0.15) is 0 Å². The molecule has 0 spiro atoms. The number of hydrogen-bond acceptors (Lipinski definition) is 2. The highest BCUT2D eigenvalue weighted by molar-refractivity contribution is 7.81. The van der Waals surface area contributed by atoms with Crippen molar-refractivity contribution in [2.24, 2.45) is 0 Å². The molecule has 3 N–H and O–H groups in total. The van der Waals surface area contributed by atoms with E-state index >= 15 is 0 Å². The van der Waals surface area contributed by atoms with E-state index in [1.165, 1.54) is 0 Å². The third-order valence-corrected chi connectivity index (χ3v) is 2.48. The molecule has 5 heteroatoms. The second kappa shape index (κ2) is 4.34. The maximum absolute atomic E-state index is 5.05. The normalized spacial score (nSPS) is 9.38. The molecule has 0 aliphatic rings. The van der Waals surface area contributed by atoms with Gasteiger partial charge in [0.1, 0.15) is 9.98 Å². The van der Waals surface area contributed by atoms with E-state index in [9.17, 15) is 0 Å². The van der Waals surface area contributed by atoms with Crippen LogP contribution in [0.4, 0.5) is 0 Å². The molecule has 0 atom stereocenters. The number of rotatable bonds is 2. The zero-order valence-electron chi connectivity index (χ0n) is 7.47. The van der Waals surface area contributed by atoms with Crippen LogP contribution in [-0.4, -0.2) is 29.1 Å². The Morgan fingerprint density at radius 2 is 1.46 bits per heavy atom. The lowest BCUT2D eigenvalue weighted by atomic mass is 10.4. The van der Waals surface area contributed by atoms with E-state index in [1.54, 1.807) is 14.1 Å². The van der Waals surface area contributed by atoms with Crippen molar-refractivity contribution in [3.8, 4) is 0 Å². The topological polar surface area (TPSA) is 39.8 Å². The van der Waals surface area contributed by atoms with E-state index in [2.05, 4.69) is 15.6 Å². The minimum absolute atomic E-state index is 0.685. The summed E-state index contributed by atoms with van der Waals surface area (Å²) in [6, 6.07) is 3.80. The summed E-state index contributed by atoms with van der Waals surface area (Å²) < 4.78 is 0. The Morgan fingerprint density at radius 3 is 1.77 bits per heavy atom. The number of H-pyrrole nitrogens is 1. The standard InChI is InChI=1S/C8H11N3S2/c1-9-7(12)5-3-4-6(11-5)8(13)10-2/h3-4,11H,1-2H3,(H,9,12)(H,10,13). The van der Waals surface area contributed by atoms with E-state index in [-0.39, 0.29) is 0 Å². The molecule has 0 unspecified atom stereocenters. The number of nitrogens with one attached hydrogen (secondary N) is 3. The number of aromatic nitrogens is 1. The highest BCUT2D eigenvalue weighted by atomic mass is 32.1. The van der Waals surface area contributed by atoms with E-state index in [1.807, 2.05) is 12.1 Å². The van der Waals surface area contributed by atoms with Gasteiger partial charge in [0.2, 0.25) is 0 Å². The summed E-state index contributed by atoms with van der Waals surface area (Å²) in [5.41, 5.74) is 1.76. The molecule has 3 nitrogen and oxygen atoms in total. The van der Waals surface area contributed by atoms with Crippen LogP contribution in [0.15, 0.2) is 12.1 Å². The van der Waals surface area contributed by atoms with E-state index < -0.39 is 0 Å². The smallest absolute Gasteiger partial charge is 0.122 e. The summed E-state index contributed by atoms with van der Waals surface area (Å²) in [6.07, 6.45) is 0. The molecule has 0 amide bonds. The highest BCUT2D eigenvalue weighted by Gasteiger charge is 2.04. The van der Waals surface area contributed by atoms with Crippen molar-refractivity contribution >= 4 is 34.4 Å². The van der Waals surface area contributed by atoms with Gasteiger partial charge < -0.3 is 15.6 Å². The molecule has 1 aromatic rings. The van der Waals surface area contributed by atoms with E-state index in [4.69, 9.17) is 24.4 Å².